The lowest BCUT2D eigenvalue weighted by atomic mass is 10.1. The van der Waals surface area contributed by atoms with Gasteiger partial charge < -0.3 is 19.9 Å². The first-order valence-corrected chi connectivity index (χ1v) is 8.12. The Morgan fingerprint density at radius 1 is 1.33 bits per heavy atom. The van der Waals surface area contributed by atoms with Crippen molar-refractivity contribution in [3.8, 4) is 17.6 Å². The van der Waals surface area contributed by atoms with Gasteiger partial charge in [-0.05, 0) is 46.2 Å². The summed E-state index contributed by atoms with van der Waals surface area (Å²) in [7, 11) is 0. The van der Waals surface area contributed by atoms with Gasteiger partial charge in [0.25, 0.3) is 0 Å². The van der Waals surface area contributed by atoms with E-state index in [0.29, 0.717) is 17.7 Å². The van der Waals surface area contributed by atoms with Gasteiger partial charge in [-0.25, -0.2) is 4.79 Å². The molecule has 0 heterocycles. The second kappa shape index (κ2) is 9.19. The van der Waals surface area contributed by atoms with Crippen molar-refractivity contribution in [2.45, 2.75) is 58.8 Å². The van der Waals surface area contributed by atoms with E-state index in [1.165, 1.54) is 0 Å². The second-order valence-electron chi connectivity index (χ2n) is 6.48. The number of alkyl carbamates (subject to hydrolysis) is 1. The predicted octanol–water partition coefficient (Wildman–Crippen LogP) is 3.10. The Kier molecular flexibility index (Phi) is 7.60. The highest BCUT2D eigenvalue weighted by molar-refractivity contribution is 5.68. The molecule has 1 amide bonds. The van der Waals surface area contributed by atoms with Gasteiger partial charge in [0, 0.05) is 0 Å². The summed E-state index contributed by atoms with van der Waals surface area (Å²) in [5, 5.41) is 11.9. The lowest BCUT2D eigenvalue weighted by Crippen LogP contribution is -2.38. The summed E-state index contributed by atoms with van der Waals surface area (Å²) in [5.41, 5.74) is 0.165. The fourth-order valence-corrected chi connectivity index (χ4v) is 1.78. The maximum atomic E-state index is 11.8. The van der Waals surface area contributed by atoms with Crippen LogP contribution in [0.1, 0.15) is 46.6 Å². The van der Waals surface area contributed by atoms with Gasteiger partial charge in [-0.1, -0.05) is 30.9 Å². The molecule has 0 aliphatic carbocycles. The topological polar surface area (TPSA) is 67.8 Å². The normalized spacial score (nSPS) is 13.2. The molecule has 0 aliphatic rings. The SMILES string of the molecule is CC[C@@H](C#Cc1ccccc1O[C@@H](C)CO)NC(=O)OC(C)(C)C. The molecule has 2 atom stereocenters. The van der Waals surface area contributed by atoms with Gasteiger partial charge in [-0.15, -0.1) is 0 Å². The highest BCUT2D eigenvalue weighted by Gasteiger charge is 2.17. The van der Waals surface area contributed by atoms with Crippen molar-refractivity contribution in [1.29, 1.82) is 0 Å². The first-order valence-electron chi connectivity index (χ1n) is 8.12. The van der Waals surface area contributed by atoms with E-state index in [2.05, 4.69) is 17.2 Å². The molecule has 132 valence electrons. The van der Waals surface area contributed by atoms with Crippen LogP contribution in [0.2, 0.25) is 0 Å². The molecule has 0 aromatic heterocycles. The summed E-state index contributed by atoms with van der Waals surface area (Å²) in [6.07, 6.45) is -0.139. The van der Waals surface area contributed by atoms with Crippen molar-refractivity contribution in [3.05, 3.63) is 29.8 Å². The Bertz CT molecular complexity index is 595. The number of nitrogens with one attached hydrogen (secondary N) is 1. The number of aliphatic hydroxyl groups excluding tert-OH is 1. The zero-order valence-corrected chi connectivity index (χ0v) is 15.1. The van der Waals surface area contributed by atoms with Crippen LogP contribution in [0.3, 0.4) is 0 Å². The molecule has 1 rings (SSSR count). The van der Waals surface area contributed by atoms with E-state index in [1.54, 1.807) is 13.0 Å². The summed E-state index contributed by atoms with van der Waals surface area (Å²) < 4.78 is 10.9. The molecule has 0 fully saturated rings. The van der Waals surface area contributed by atoms with Crippen LogP contribution in [0.25, 0.3) is 0 Å². The Balaban J connectivity index is 2.82. The minimum Gasteiger partial charge on any atom is -0.487 e. The first kappa shape index (κ1) is 19.9. The molecule has 0 saturated heterocycles. The van der Waals surface area contributed by atoms with E-state index in [4.69, 9.17) is 14.6 Å². The van der Waals surface area contributed by atoms with Crippen LogP contribution >= 0.6 is 0 Å². The van der Waals surface area contributed by atoms with Crippen LogP contribution in [-0.4, -0.2) is 35.6 Å². The minimum absolute atomic E-state index is 0.0699. The average molecular weight is 333 g/mol. The number of para-hydroxylation sites is 1. The van der Waals surface area contributed by atoms with Crippen molar-refractivity contribution >= 4 is 6.09 Å². The molecule has 2 N–H and O–H groups in total. The molecule has 0 bridgehead atoms. The number of carbonyl (C=O) groups is 1. The van der Waals surface area contributed by atoms with Crippen molar-refractivity contribution < 1.29 is 19.4 Å². The van der Waals surface area contributed by atoms with Gasteiger partial charge >= 0.3 is 6.09 Å². The van der Waals surface area contributed by atoms with E-state index >= 15 is 0 Å². The summed E-state index contributed by atoms with van der Waals surface area (Å²) in [4.78, 5) is 11.8. The van der Waals surface area contributed by atoms with Crippen LogP contribution in [0.15, 0.2) is 24.3 Å². The summed E-state index contributed by atoms with van der Waals surface area (Å²) in [6, 6.07) is 7.04. The van der Waals surface area contributed by atoms with Crippen LogP contribution in [0, 0.1) is 11.8 Å². The molecule has 0 saturated carbocycles. The molecule has 0 spiro atoms. The summed E-state index contributed by atoms with van der Waals surface area (Å²) in [5.74, 6) is 6.67. The Morgan fingerprint density at radius 2 is 2.00 bits per heavy atom. The largest absolute Gasteiger partial charge is 0.487 e. The molecule has 5 nitrogen and oxygen atoms in total. The lowest BCUT2D eigenvalue weighted by Gasteiger charge is -2.21. The fourth-order valence-electron chi connectivity index (χ4n) is 1.78. The van der Waals surface area contributed by atoms with Gasteiger partial charge in [0.2, 0.25) is 0 Å². The molecule has 1 aromatic rings. The lowest BCUT2D eigenvalue weighted by molar-refractivity contribution is 0.0515. The van der Waals surface area contributed by atoms with E-state index in [-0.39, 0.29) is 18.8 Å². The number of hydrogen-bond donors (Lipinski definition) is 2. The van der Waals surface area contributed by atoms with Gasteiger partial charge in [0.05, 0.1) is 18.2 Å². The third kappa shape index (κ3) is 7.38. The van der Waals surface area contributed by atoms with Gasteiger partial charge in [0.1, 0.15) is 17.5 Å². The van der Waals surface area contributed by atoms with Gasteiger partial charge in [-0.2, -0.15) is 0 Å². The second-order valence-corrected chi connectivity index (χ2v) is 6.48. The van der Waals surface area contributed by atoms with Gasteiger partial charge in [0.15, 0.2) is 0 Å². The Labute approximate surface area is 144 Å². The molecule has 5 heteroatoms. The first-order chi connectivity index (χ1) is 11.2. The van der Waals surface area contributed by atoms with E-state index in [0.717, 1.165) is 0 Å². The van der Waals surface area contributed by atoms with Crippen LogP contribution in [-0.2, 0) is 4.74 Å². The molecular formula is C19H27NO4. The zero-order valence-electron chi connectivity index (χ0n) is 15.1. The summed E-state index contributed by atoms with van der Waals surface area (Å²) >= 11 is 0. The molecule has 24 heavy (non-hydrogen) atoms. The number of aliphatic hydroxyl groups is 1. The third-order valence-corrected chi connectivity index (χ3v) is 2.95. The van der Waals surface area contributed by atoms with Crippen LogP contribution in [0.5, 0.6) is 5.75 Å². The highest BCUT2D eigenvalue weighted by atomic mass is 16.6. The smallest absolute Gasteiger partial charge is 0.408 e. The quantitative estimate of drug-likeness (QED) is 0.813. The highest BCUT2D eigenvalue weighted by Crippen LogP contribution is 2.18. The standard InChI is InChI=1S/C19H27NO4/c1-6-16(20-18(22)24-19(3,4)5)12-11-15-9-7-8-10-17(15)23-14(2)13-21/h7-10,14,16,21H,6,13H2,1-5H3,(H,20,22)/t14-,16-/m0/s1. The van der Waals surface area contributed by atoms with Crippen LogP contribution < -0.4 is 10.1 Å². The van der Waals surface area contributed by atoms with Crippen molar-refractivity contribution in [2.75, 3.05) is 6.61 Å². The Morgan fingerprint density at radius 3 is 2.58 bits per heavy atom. The van der Waals surface area contributed by atoms with Crippen molar-refractivity contribution in [2.24, 2.45) is 0 Å². The number of carbonyl (C=O) groups excluding carboxylic acids is 1. The number of rotatable bonds is 5. The third-order valence-electron chi connectivity index (χ3n) is 2.95. The fraction of sp³-hybridized carbons (Fsp3) is 0.526. The predicted molar refractivity (Wildman–Crippen MR) is 93.9 cm³/mol. The molecule has 0 unspecified atom stereocenters. The van der Waals surface area contributed by atoms with Crippen molar-refractivity contribution in [1.82, 2.24) is 5.32 Å². The van der Waals surface area contributed by atoms with E-state index in [9.17, 15) is 4.79 Å². The van der Waals surface area contributed by atoms with Gasteiger partial charge in [-0.3, -0.25) is 0 Å². The molecule has 0 radical (unpaired) electrons. The summed E-state index contributed by atoms with van der Waals surface area (Å²) in [6.45, 7) is 9.09. The number of benzene rings is 1. The average Bonchev–Trinajstić information content (AvgIpc) is 2.50. The molecule has 0 aliphatic heterocycles. The van der Waals surface area contributed by atoms with E-state index < -0.39 is 11.7 Å². The van der Waals surface area contributed by atoms with Crippen molar-refractivity contribution in [3.63, 3.8) is 0 Å². The number of amides is 1. The monoisotopic (exact) mass is 333 g/mol. The zero-order chi connectivity index (χ0) is 18.2. The maximum Gasteiger partial charge on any atom is 0.408 e. The maximum absolute atomic E-state index is 11.8. The Hall–Kier alpha value is -2.19. The number of ether oxygens (including phenoxy) is 2. The minimum atomic E-state index is -0.545. The molecular weight excluding hydrogens is 306 g/mol. The van der Waals surface area contributed by atoms with E-state index in [1.807, 2.05) is 45.9 Å². The van der Waals surface area contributed by atoms with Crippen LogP contribution in [0.4, 0.5) is 4.79 Å². The molecule has 1 aromatic carbocycles. The number of hydrogen-bond acceptors (Lipinski definition) is 4.